The third kappa shape index (κ3) is 13.3. The van der Waals surface area contributed by atoms with Crippen LogP contribution in [-0.2, 0) is 9.78 Å². The average Bonchev–Trinajstić information content (AvgIpc) is 2.87. The SMILES string of the molecule is [CH2]CCCCCCCCCCCCCCCCCOOC(=O)c1ccc([Si](C)(C=C)C=C)cc1. The number of unbranched alkanes of at least 4 members (excludes halogenated alkanes) is 15. The van der Waals surface area contributed by atoms with Gasteiger partial charge in [0.2, 0.25) is 0 Å². The monoisotopic (exact) mass is 485 g/mol. The van der Waals surface area contributed by atoms with Crippen molar-refractivity contribution in [2.45, 2.75) is 109 Å². The fraction of sp³-hybridized carbons (Fsp3) is 0.600. The Morgan fingerprint density at radius 1 is 0.735 bits per heavy atom. The molecular formula is C30H49O3Si. The van der Waals surface area contributed by atoms with Gasteiger partial charge in [-0.1, -0.05) is 139 Å². The topological polar surface area (TPSA) is 35.5 Å². The molecule has 0 bridgehead atoms. The van der Waals surface area contributed by atoms with Gasteiger partial charge in [0, 0.05) is 0 Å². The lowest BCUT2D eigenvalue weighted by Crippen LogP contribution is -2.40. The maximum absolute atomic E-state index is 12.1. The van der Waals surface area contributed by atoms with E-state index in [0.29, 0.717) is 12.2 Å². The average molecular weight is 486 g/mol. The maximum atomic E-state index is 12.1. The summed E-state index contributed by atoms with van der Waals surface area (Å²) < 4.78 is 0. The molecule has 1 aromatic carbocycles. The van der Waals surface area contributed by atoms with Gasteiger partial charge in [-0.3, -0.25) is 4.89 Å². The molecule has 1 aromatic rings. The third-order valence-corrected chi connectivity index (χ3v) is 9.98. The smallest absolute Gasteiger partial charge is 0.293 e. The molecule has 0 heterocycles. The molecule has 34 heavy (non-hydrogen) atoms. The summed E-state index contributed by atoms with van der Waals surface area (Å²) in [6.45, 7) is 14.4. The number of hydrogen-bond acceptors (Lipinski definition) is 3. The van der Waals surface area contributed by atoms with E-state index in [-0.39, 0.29) is 0 Å². The molecular weight excluding hydrogens is 436 g/mol. The van der Waals surface area contributed by atoms with E-state index in [2.05, 4.69) is 26.6 Å². The molecule has 3 nitrogen and oxygen atoms in total. The Kier molecular flexibility index (Phi) is 17.5. The molecule has 1 rings (SSSR count). The first-order chi connectivity index (χ1) is 16.6. The minimum Gasteiger partial charge on any atom is -0.293 e. The minimum absolute atomic E-state index is 0.443. The van der Waals surface area contributed by atoms with Crippen molar-refractivity contribution < 1.29 is 14.6 Å². The van der Waals surface area contributed by atoms with Crippen LogP contribution in [0.3, 0.4) is 0 Å². The van der Waals surface area contributed by atoms with E-state index < -0.39 is 14.0 Å². The Labute approximate surface area is 211 Å². The molecule has 0 atom stereocenters. The summed E-state index contributed by atoms with van der Waals surface area (Å²) in [6.07, 6.45) is 20.8. The molecule has 4 heteroatoms. The van der Waals surface area contributed by atoms with Crippen LogP contribution in [0.5, 0.6) is 0 Å². The van der Waals surface area contributed by atoms with Crippen LogP contribution in [0.4, 0.5) is 0 Å². The minimum atomic E-state index is -1.86. The van der Waals surface area contributed by atoms with Gasteiger partial charge in [0.05, 0.1) is 12.2 Å². The summed E-state index contributed by atoms with van der Waals surface area (Å²) in [7, 11) is -1.86. The van der Waals surface area contributed by atoms with E-state index in [4.69, 9.17) is 9.78 Å². The van der Waals surface area contributed by atoms with Gasteiger partial charge >= 0.3 is 5.97 Å². The Morgan fingerprint density at radius 2 is 1.15 bits per heavy atom. The number of benzene rings is 1. The van der Waals surface area contributed by atoms with Crippen molar-refractivity contribution in [3.8, 4) is 0 Å². The molecule has 1 radical (unpaired) electrons. The highest BCUT2D eigenvalue weighted by Gasteiger charge is 2.22. The van der Waals surface area contributed by atoms with Crippen LogP contribution < -0.4 is 5.19 Å². The zero-order chi connectivity index (χ0) is 24.9. The van der Waals surface area contributed by atoms with Crippen molar-refractivity contribution in [1.82, 2.24) is 0 Å². The van der Waals surface area contributed by atoms with Crippen LogP contribution in [0.25, 0.3) is 0 Å². The zero-order valence-corrected chi connectivity index (χ0v) is 22.8. The first kappa shape index (κ1) is 30.4. The van der Waals surface area contributed by atoms with E-state index in [9.17, 15) is 4.79 Å². The molecule has 0 N–H and O–H groups in total. The van der Waals surface area contributed by atoms with Gasteiger partial charge in [-0.2, -0.15) is 4.89 Å². The van der Waals surface area contributed by atoms with Crippen LogP contribution in [0, 0.1) is 6.92 Å². The Morgan fingerprint density at radius 3 is 1.56 bits per heavy atom. The van der Waals surface area contributed by atoms with Crippen molar-refractivity contribution in [2.24, 2.45) is 0 Å². The summed E-state index contributed by atoms with van der Waals surface area (Å²) in [5.41, 5.74) is 4.46. The highest BCUT2D eigenvalue weighted by Crippen LogP contribution is 2.14. The van der Waals surface area contributed by atoms with Gasteiger partial charge < -0.3 is 0 Å². The molecule has 0 fully saturated rings. The molecule has 0 spiro atoms. The molecule has 0 aliphatic heterocycles. The van der Waals surface area contributed by atoms with Gasteiger partial charge in [-0.25, -0.2) is 4.79 Å². The summed E-state index contributed by atoms with van der Waals surface area (Å²) in [4.78, 5) is 22.2. The van der Waals surface area contributed by atoms with Gasteiger partial charge in [0.1, 0.15) is 8.07 Å². The first-order valence-corrected chi connectivity index (χ1v) is 16.2. The standard InChI is InChI=1S/C30H49O3Si/c1-5-8-9-10-11-12-13-14-15-16-17-18-19-20-21-22-27-32-33-30(31)28-23-25-29(26-24-28)34(4,6-2)7-3/h6-7,23-26H,1-3,5,8-22,27H2,4H3. The second kappa shape index (κ2) is 19.6. The van der Waals surface area contributed by atoms with Crippen LogP contribution in [0.15, 0.2) is 48.8 Å². The zero-order valence-electron chi connectivity index (χ0n) is 21.8. The molecule has 0 aliphatic rings. The Balaban J connectivity index is 1.94. The normalized spacial score (nSPS) is 11.4. The van der Waals surface area contributed by atoms with Crippen molar-refractivity contribution >= 4 is 19.2 Å². The number of carbonyl (C=O) groups excluding carboxylic acids is 1. The van der Waals surface area contributed by atoms with Crippen molar-refractivity contribution in [1.29, 1.82) is 0 Å². The fourth-order valence-corrected chi connectivity index (χ4v) is 5.59. The highest BCUT2D eigenvalue weighted by molar-refractivity contribution is 6.98. The van der Waals surface area contributed by atoms with E-state index in [1.165, 1.54) is 88.7 Å². The van der Waals surface area contributed by atoms with Crippen LogP contribution in [-0.4, -0.2) is 20.7 Å². The van der Waals surface area contributed by atoms with Crippen molar-refractivity contribution in [2.75, 3.05) is 6.61 Å². The largest absolute Gasteiger partial charge is 0.373 e. The quantitative estimate of drug-likeness (QED) is 0.0714. The van der Waals surface area contributed by atoms with Crippen molar-refractivity contribution in [3.05, 3.63) is 61.3 Å². The van der Waals surface area contributed by atoms with Gasteiger partial charge in [-0.15, -0.1) is 13.2 Å². The molecule has 0 saturated heterocycles. The van der Waals surface area contributed by atoms with Gasteiger partial charge in [0.15, 0.2) is 0 Å². The molecule has 0 aromatic heterocycles. The molecule has 191 valence electrons. The third-order valence-electron chi connectivity index (χ3n) is 6.70. The predicted octanol–water partition coefficient (Wildman–Crippen LogP) is 8.59. The summed E-state index contributed by atoms with van der Waals surface area (Å²) in [6, 6.07) is 7.48. The molecule has 0 unspecified atom stereocenters. The van der Waals surface area contributed by atoms with Crippen LogP contribution in [0.2, 0.25) is 6.55 Å². The van der Waals surface area contributed by atoms with Crippen molar-refractivity contribution in [3.63, 3.8) is 0 Å². The van der Waals surface area contributed by atoms with Crippen LogP contribution >= 0.6 is 0 Å². The van der Waals surface area contributed by atoms with Crippen LogP contribution in [0.1, 0.15) is 113 Å². The fourth-order valence-electron chi connectivity index (χ4n) is 4.06. The van der Waals surface area contributed by atoms with Gasteiger partial charge in [0.25, 0.3) is 0 Å². The first-order valence-electron chi connectivity index (χ1n) is 13.6. The lowest BCUT2D eigenvalue weighted by Gasteiger charge is -2.19. The Hall–Kier alpha value is -1.65. The van der Waals surface area contributed by atoms with Gasteiger partial charge in [-0.05, 0) is 18.6 Å². The summed E-state index contributed by atoms with van der Waals surface area (Å²) in [5, 5.41) is 1.17. The highest BCUT2D eigenvalue weighted by atomic mass is 28.3. The number of hydrogen-bond donors (Lipinski definition) is 0. The Bertz CT molecular complexity index is 660. The van der Waals surface area contributed by atoms with E-state index in [1.54, 1.807) is 12.1 Å². The number of rotatable bonds is 22. The predicted molar refractivity (Wildman–Crippen MR) is 149 cm³/mol. The van der Waals surface area contributed by atoms with E-state index in [0.717, 1.165) is 19.3 Å². The summed E-state index contributed by atoms with van der Waals surface area (Å²) >= 11 is 0. The summed E-state index contributed by atoms with van der Waals surface area (Å²) in [5.74, 6) is -0.443. The molecule has 0 saturated carbocycles. The lowest BCUT2D eigenvalue weighted by molar-refractivity contribution is -0.241. The van der Waals surface area contributed by atoms with E-state index in [1.807, 2.05) is 23.5 Å². The second-order valence-corrected chi connectivity index (χ2v) is 13.6. The second-order valence-electron chi connectivity index (χ2n) is 9.62. The number of carbonyl (C=O) groups is 1. The maximum Gasteiger partial charge on any atom is 0.373 e. The molecule has 0 aliphatic carbocycles. The molecule has 0 amide bonds. The van der Waals surface area contributed by atoms with E-state index >= 15 is 0 Å². The lowest BCUT2D eigenvalue weighted by atomic mass is 10.0.